The van der Waals surface area contributed by atoms with Crippen molar-refractivity contribution >= 4 is 12.0 Å². The molecule has 0 radical (unpaired) electrons. The molecule has 1 heterocycles. The molecule has 0 aliphatic carbocycles. The van der Waals surface area contributed by atoms with E-state index in [1.807, 2.05) is 0 Å². The minimum absolute atomic E-state index is 0.0525. The van der Waals surface area contributed by atoms with E-state index in [0.29, 0.717) is 18.6 Å². The molecule has 114 valence electrons. The Morgan fingerprint density at radius 2 is 2.14 bits per heavy atom. The van der Waals surface area contributed by atoms with Gasteiger partial charge in [0.2, 0.25) is 0 Å². The van der Waals surface area contributed by atoms with Crippen LogP contribution in [0.4, 0.5) is 9.18 Å². The van der Waals surface area contributed by atoms with Crippen molar-refractivity contribution in [3.8, 4) is 0 Å². The predicted octanol–water partition coefficient (Wildman–Crippen LogP) is 0.911. The fourth-order valence-corrected chi connectivity index (χ4v) is 2.16. The third-order valence-corrected chi connectivity index (χ3v) is 3.42. The van der Waals surface area contributed by atoms with Gasteiger partial charge in [-0.15, -0.1) is 0 Å². The Kier molecular flexibility index (Phi) is 4.74. The van der Waals surface area contributed by atoms with Crippen LogP contribution in [0, 0.1) is 5.82 Å². The molecule has 1 fully saturated rings. The summed E-state index contributed by atoms with van der Waals surface area (Å²) < 4.78 is 18.4. The zero-order valence-electron chi connectivity index (χ0n) is 11.4. The molecule has 2 amide bonds. The zero-order chi connectivity index (χ0) is 15.3. The van der Waals surface area contributed by atoms with Gasteiger partial charge >= 0.3 is 12.0 Å². The molecule has 3 N–H and O–H groups in total. The van der Waals surface area contributed by atoms with Crippen LogP contribution in [0.1, 0.15) is 12.0 Å². The van der Waals surface area contributed by atoms with Gasteiger partial charge in [0, 0.05) is 19.6 Å². The Labute approximate surface area is 121 Å². The standard InChI is InChI=1S/C14H17FN2O4/c15-11-4-2-1-3-10(11)5-7-16-13(20)17-14(12(18)19)6-8-21-9-14/h1-4H,5-9H2,(H,18,19)(H2,16,17,20). The molecule has 1 aromatic carbocycles. The minimum atomic E-state index is -1.37. The van der Waals surface area contributed by atoms with E-state index in [9.17, 15) is 19.1 Å². The van der Waals surface area contributed by atoms with Gasteiger partial charge < -0.3 is 20.5 Å². The quantitative estimate of drug-likeness (QED) is 0.753. The summed E-state index contributed by atoms with van der Waals surface area (Å²) in [5.41, 5.74) is -0.878. The van der Waals surface area contributed by atoms with Crippen LogP contribution in [-0.2, 0) is 16.0 Å². The lowest BCUT2D eigenvalue weighted by Gasteiger charge is -2.23. The average Bonchev–Trinajstić information content (AvgIpc) is 2.91. The fraction of sp³-hybridized carbons (Fsp3) is 0.429. The predicted molar refractivity (Wildman–Crippen MR) is 72.4 cm³/mol. The van der Waals surface area contributed by atoms with Crippen molar-refractivity contribution in [2.75, 3.05) is 19.8 Å². The number of ether oxygens (including phenoxy) is 1. The first-order valence-corrected chi connectivity index (χ1v) is 6.64. The van der Waals surface area contributed by atoms with Crippen LogP contribution in [0.5, 0.6) is 0 Å². The van der Waals surface area contributed by atoms with E-state index in [0.717, 1.165) is 0 Å². The molecule has 6 nitrogen and oxygen atoms in total. The number of urea groups is 1. The van der Waals surface area contributed by atoms with Crippen molar-refractivity contribution in [1.82, 2.24) is 10.6 Å². The maximum atomic E-state index is 13.4. The van der Waals surface area contributed by atoms with Crippen LogP contribution in [0.2, 0.25) is 0 Å². The first-order chi connectivity index (χ1) is 10.0. The smallest absolute Gasteiger partial charge is 0.332 e. The monoisotopic (exact) mass is 296 g/mol. The van der Waals surface area contributed by atoms with Gasteiger partial charge in [-0.05, 0) is 18.1 Å². The Balaban J connectivity index is 1.82. The van der Waals surface area contributed by atoms with Gasteiger partial charge in [-0.1, -0.05) is 18.2 Å². The Bertz CT molecular complexity index is 529. The van der Waals surface area contributed by atoms with Crippen LogP contribution in [-0.4, -0.2) is 42.4 Å². The van der Waals surface area contributed by atoms with E-state index in [1.54, 1.807) is 18.2 Å². The minimum Gasteiger partial charge on any atom is -0.479 e. The molecule has 0 saturated carbocycles. The van der Waals surface area contributed by atoms with E-state index >= 15 is 0 Å². The molecule has 7 heteroatoms. The highest BCUT2D eigenvalue weighted by Crippen LogP contribution is 2.18. The van der Waals surface area contributed by atoms with Crippen LogP contribution >= 0.6 is 0 Å². The molecule has 0 aromatic heterocycles. The van der Waals surface area contributed by atoms with Crippen LogP contribution < -0.4 is 10.6 Å². The van der Waals surface area contributed by atoms with E-state index in [2.05, 4.69) is 10.6 Å². The summed E-state index contributed by atoms with van der Waals surface area (Å²) in [4.78, 5) is 23.0. The molecule has 0 bridgehead atoms. The van der Waals surface area contributed by atoms with Gasteiger partial charge in [0.1, 0.15) is 5.82 Å². The maximum absolute atomic E-state index is 13.4. The molecule has 1 aromatic rings. The fourth-order valence-electron chi connectivity index (χ4n) is 2.16. The summed E-state index contributed by atoms with van der Waals surface area (Å²) in [6.07, 6.45) is 0.555. The lowest BCUT2D eigenvalue weighted by atomic mass is 9.99. The molecule has 1 aliphatic heterocycles. The number of aliphatic carboxylic acids is 1. The molecule has 0 spiro atoms. The number of hydrogen-bond donors (Lipinski definition) is 3. The van der Waals surface area contributed by atoms with Gasteiger partial charge in [-0.2, -0.15) is 0 Å². The number of halogens is 1. The van der Waals surface area contributed by atoms with Crippen molar-refractivity contribution in [2.45, 2.75) is 18.4 Å². The number of carboxylic acid groups (broad SMARTS) is 1. The van der Waals surface area contributed by atoms with E-state index in [4.69, 9.17) is 4.74 Å². The summed E-state index contributed by atoms with van der Waals surface area (Å²) in [7, 11) is 0. The summed E-state index contributed by atoms with van der Waals surface area (Å²) in [6, 6.07) is 5.70. The third-order valence-electron chi connectivity index (χ3n) is 3.42. The summed E-state index contributed by atoms with van der Waals surface area (Å²) in [5.74, 6) is -1.45. The van der Waals surface area contributed by atoms with Crippen LogP contribution in [0.15, 0.2) is 24.3 Å². The highest BCUT2D eigenvalue weighted by molar-refractivity contribution is 5.86. The zero-order valence-corrected chi connectivity index (χ0v) is 11.4. The second-order valence-corrected chi connectivity index (χ2v) is 4.91. The maximum Gasteiger partial charge on any atom is 0.332 e. The highest BCUT2D eigenvalue weighted by atomic mass is 19.1. The van der Waals surface area contributed by atoms with Crippen molar-refractivity contribution in [3.05, 3.63) is 35.6 Å². The molecular formula is C14H17FN2O4. The number of benzene rings is 1. The van der Waals surface area contributed by atoms with Crippen molar-refractivity contribution in [1.29, 1.82) is 0 Å². The van der Waals surface area contributed by atoms with Gasteiger partial charge in [0.25, 0.3) is 0 Å². The lowest BCUT2D eigenvalue weighted by molar-refractivity contribution is -0.144. The number of nitrogens with one attached hydrogen (secondary N) is 2. The molecule has 21 heavy (non-hydrogen) atoms. The van der Waals surface area contributed by atoms with Gasteiger partial charge in [-0.3, -0.25) is 0 Å². The van der Waals surface area contributed by atoms with Crippen LogP contribution in [0.25, 0.3) is 0 Å². The first-order valence-electron chi connectivity index (χ1n) is 6.64. The molecule has 1 aliphatic rings. The number of amides is 2. The Morgan fingerprint density at radius 1 is 1.38 bits per heavy atom. The number of carbonyl (C=O) groups is 2. The first kappa shape index (κ1) is 15.2. The SMILES string of the molecule is O=C(NCCc1ccccc1F)NC1(C(=O)O)CCOC1. The van der Waals surface area contributed by atoms with Crippen molar-refractivity contribution in [3.63, 3.8) is 0 Å². The molecule has 1 atom stereocenters. The largest absolute Gasteiger partial charge is 0.479 e. The molecular weight excluding hydrogens is 279 g/mol. The number of carbonyl (C=O) groups excluding carboxylic acids is 1. The van der Waals surface area contributed by atoms with E-state index in [-0.39, 0.29) is 25.4 Å². The third kappa shape index (κ3) is 3.69. The molecule has 2 rings (SSSR count). The number of carboxylic acids is 1. The van der Waals surface area contributed by atoms with E-state index < -0.39 is 17.5 Å². The van der Waals surface area contributed by atoms with Crippen LogP contribution in [0.3, 0.4) is 0 Å². The van der Waals surface area contributed by atoms with Gasteiger partial charge in [-0.25, -0.2) is 14.0 Å². The summed E-state index contributed by atoms with van der Waals surface area (Å²) in [6.45, 7) is 0.453. The van der Waals surface area contributed by atoms with E-state index in [1.165, 1.54) is 6.07 Å². The van der Waals surface area contributed by atoms with Crippen molar-refractivity contribution in [2.24, 2.45) is 0 Å². The van der Waals surface area contributed by atoms with Gasteiger partial charge in [0.05, 0.1) is 6.61 Å². The second kappa shape index (κ2) is 6.53. The van der Waals surface area contributed by atoms with Gasteiger partial charge in [0.15, 0.2) is 5.54 Å². The Hall–Kier alpha value is -2.15. The number of hydrogen-bond acceptors (Lipinski definition) is 3. The molecule has 1 unspecified atom stereocenters. The topological polar surface area (TPSA) is 87.7 Å². The average molecular weight is 296 g/mol. The van der Waals surface area contributed by atoms with Crippen molar-refractivity contribution < 1.29 is 23.8 Å². The number of rotatable bonds is 5. The highest BCUT2D eigenvalue weighted by Gasteiger charge is 2.43. The Morgan fingerprint density at radius 3 is 2.76 bits per heavy atom. The normalized spacial score (nSPS) is 21.0. The summed E-state index contributed by atoms with van der Waals surface area (Å²) in [5, 5.41) is 14.1. The molecule has 1 saturated heterocycles. The second-order valence-electron chi connectivity index (χ2n) is 4.91. The summed E-state index contributed by atoms with van der Waals surface area (Å²) >= 11 is 0. The lowest BCUT2D eigenvalue weighted by Crippen LogP contribution is -2.57.